The summed E-state index contributed by atoms with van der Waals surface area (Å²) in [4.78, 5) is 39.2. The first-order valence-corrected chi connectivity index (χ1v) is 12.5. The van der Waals surface area contributed by atoms with E-state index in [1.807, 2.05) is 24.3 Å². The first-order chi connectivity index (χ1) is 16.9. The molecule has 2 saturated heterocycles. The number of rotatable bonds is 7. The van der Waals surface area contributed by atoms with Gasteiger partial charge in [0.1, 0.15) is 12.1 Å². The molecule has 0 spiro atoms. The summed E-state index contributed by atoms with van der Waals surface area (Å²) in [6.07, 6.45) is 2.72. The Morgan fingerprint density at radius 2 is 1.66 bits per heavy atom. The number of carboxylic acid groups (broad SMARTS) is 1. The Labute approximate surface area is 205 Å². The van der Waals surface area contributed by atoms with Gasteiger partial charge >= 0.3 is 12.1 Å². The van der Waals surface area contributed by atoms with Gasteiger partial charge in [0.15, 0.2) is 0 Å². The molecule has 3 fully saturated rings. The fourth-order valence-corrected chi connectivity index (χ4v) is 6.10. The number of hydrogen-bond acceptors (Lipinski definition) is 4. The third kappa shape index (κ3) is 4.17. The molecule has 2 heterocycles. The second-order valence-corrected chi connectivity index (χ2v) is 10.2. The SMILES string of the molecule is CC(CCNC(=O)OCC1c2ccccc2-c2ccccc21)C(=O)N1CC2CCC1(C(=O)O)CC2. The van der Waals surface area contributed by atoms with Crippen LogP contribution < -0.4 is 5.32 Å². The van der Waals surface area contributed by atoms with Crippen LogP contribution in [0.3, 0.4) is 0 Å². The Morgan fingerprint density at radius 3 is 2.26 bits per heavy atom. The molecule has 2 N–H and O–H groups in total. The Hall–Kier alpha value is -3.35. The van der Waals surface area contributed by atoms with Crippen molar-refractivity contribution in [3.8, 4) is 11.1 Å². The Morgan fingerprint density at radius 1 is 1.06 bits per heavy atom. The van der Waals surface area contributed by atoms with E-state index in [9.17, 15) is 19.5 Å². The number of alkyl carbamates (subject to hydrolysis) is 1. The summed E-state index contributed by atoms with van der Waals surface area (Å²) >= 11 is 0. The number of nitrogens with zero attached hydrogens (tertiary/aromatic N) is 1. The molecule has 0 radical (unpaired) electrons. The Bertz CT molecular complexity index is 1090. The van der Waals surface area contributed by atoms with Gasteiger partial charge in [-0.15, -0.1) is 0 Å². The van der Waals surface area contributed by atoms with E-state index in [1.54, 1.807) is 11.8 Å². The highest BCUT2D eigenvalue weighted by molar-refractivity contribution is 5.88. The minimum absolute atomic E-state index is 0.00427. The monoisotopic (exact) mass is 476 g/mol. The molecule has 2 amide bonds. The van der Waals surface area contributed by atoms with Gasteiger partial charge in [-0.3, -0.25) is 4.79 Å². The first kappa shape index (κ1) is 23.4. The molecule has 184 valence electrons. The topological polar surface area (TPSA) is 95.9 Å². The molecular formula is C28H32N2O5. The predicted molar refractivity (Wildman–Crippen MR) is 131 cm³/mol. The highest BCUT2D eigenvalue weighted by atomic mass is 16.5. The molecule has 7 heteroatoms. The van der Waals surface area contributed by atoms with Crippen molar-refractivity contribution < 1.29 is 24.2 Å². The highest BCUT2D eigenvalue weighted by Crippen LogP contribution is 2.45. The van der Waals surface area contributed by atoms with Gasteiger partial charge in [-0.1, -0.05) is 55.5 Å². The van der Waals surface area contributed by atoms with Crippen molar-refractivity contribution in [2.24, 2.45) is 11.8 Å². The summed E-state index contributed by atoms with van der Waals surface area (Å²) in [6, 6.07) is 16.4. The number of ether oxygens (including phenoxy) is 1. The van der Waals surface area contributed by atoms with Gasteiger partial charge in [0.25, 0.3) is 0 Å². The lowest BCUT2D eigenvalue weighted by Crippen LogP contribution is -2.65. The molecular weight excluding hydrogens is 444 g/mol. The number of carbonyl (C=O) groups is 3. The summed E-state index contributed by atoms with van der Waals surface area (Å²) in [7, 11) is 0. The number of piperidine rings is 2. The van der Waals surface area contributed by atoms with Crippen molar-refractivity contribution in [3.05, 3.63) is 59.7 Å². The fourth-order valence-electron chi connectivity index (χ4n) is 6.10. The van der Waals surface area contributed by atoms with Gasteiger partial charge in [-0.25, -0.2) is 9.59 Å². The van der Waals surface area contributed by atoms with Crippen LogP contribution in [0.5, 0.6) is 0 Å². The van der Waals surface area contributed by atoms with Crippen molar-refractivity contribution in [3.63, 3.8) is 0 Å². The molecule has 2 aromatic rings. The van der Waals surface area contributed by atoms with Crippen molar-refractivity contribution in [2.75, 3.05) is 19.7 Å². The number of aliphatic carboxylic acids is 1. The lowest BCUT2D eigenvalue weighted by atomic mass is 9.70. The zero-order valence-corrected chi connectivity index (χ0v) is 20.0. The van der Waals surface area contributed by atoms with Crippen molar-refractivity contribution in [2.45, 2.75) is 50.5 Å². The largest absolute Gasteiger partial charge is 0.479 e. The van der Waals surface area contributed by atoms with Crippen LogP contribution in [0.1, 0.15) is 56.1 Å². The Balaban J connectivity index is 1.13. The van der Waals surface area contributed by atoms with Crippen molar-refractivity contribution >= 4 is 18.0 Å². The maximum Gasteiger partial charge on any atom is 0.407 e. The number of carboxylic acids is 1. The van der Waals surface area contributed by atoms with E-state index in [4.69, 9.17) is 4.74 Å². The molecule has 2 aromatic carbocycles. The van der Waals surface area contributed by atoms with Crippen LogP contribution >= 0.6 is 0 Å². The Kier molecular flexibility index (Phi) is 6.26. The zero-order valence-electron chi connectivity index (χ0n) is 20.0. The van der Waals surface area contributed by atoms with Crippen LogP contribution in [-0.4, -0.2) is 53.2 Å². The number of benzene rings is 2. The minimum atomic E-state index is -1.06. The third-order valence-corrected chi connectivity index (χ3v) is 8.17. The standard InChI is InChI=1S/C28H32N2O5/c1-18(25(31)30-16-19-10-13-28(30,14-11-19)26(32)33)12-15-29-27(34)35-17-24-22-8-4-2-6-20(22)21-7-3-5-9-23(21)24/h2-9,18-19,24H,10-17H2,1H3,(H,29,34)(H,32,33). The van der Waals surface area contributed by atoms with E-state index in [1.165, 1.54) is 11.1 Å². The van der Waals surface area contributed by atoms with Gasteiger partial charge in [0.2, 0.25) is 5.91 Å². The van der Waals surface area contributed by atoms with E-state index >= 15 is 0 Å². The van der Waals surface area contributed by atoms with Gasteiger partial charge in [0, 0.05) is 24.9 Å². The number of carbonyl (C=O) groups excluding carboxylic acids is 2. The van der Waals surface area contributed by atoms with Gasteiger partial charge in [-0.2, -0.15) is 0 Å². The molecule has 1 saturated carbocycles. The second kappa shape index (κ2) is 9.36. The van der Waals surface area contributed by atoms with Gasteiger partial charge in [-0.05, 0) is 60.3 Å². The summed E-state index contributed by atoms with van der Waals surface area (Å²) in [5.74, 6) is -1.01. The molecule has 1 unspecified atom stereocenters. The average molecular weight is 477 g/mol. The third-order valence-electron chi connectivity index (χ3n) is 8.17. The molecule has 6 rings (SSSR count). The van der Waals surface area contributed by atoms with Crippen molar-refractivity contribution in [1.29, 1.82) is 0 Å². The number of amides is 2. The summed E-state index contributed by atoms with van der Waals surface area (Å²) in [6.45, 7) is 2.86. The molecule has 1 atom stereocenters. The first-order valence-electron chi connectivity index (χ1n) is 12.5. The summed E-state index contributed by atoms with van der Waals surface area (Å²) in [5.41, 5.74) is 3.61. The second-order valence-electron chi connectivity index (χ2n) is 10.2. The van der Waals surface area contributed by atoms with Crippen LogP contribution in [0, 0.1) is 11.8 Å². The van der Waals surface area contributed by atoms with E-state index in [0.29, 0.717) is 38.3 Å². The quantitative estimate of drug-likeness (QED) is 0.617. The van der Waals surface area contributed by atoms with E-state index < -0.39 is 17.6 Å². The lowest BCUT2D eigenvalue weighted by Gasteiger charge is -2.52. The molecule has 35 heavy (non-hydrogen) atoms. The molecule has 4 aliphatic rings. The van der Waals surface area contributed by atoms with Crippen LogP contribution in [0.4, 0.5) is 4.79 Å². The maximum absolute atomic E-state index is 13.1. The van der Waals surface area contributed by atoms with E-state index in [0.717, 1.165) is 24.0 Å². The van der Waals surface area contributed by atoms with E-state index in [2.05, 4.69) is 29.6 Å². The van der Waals surface area contributed by atoms with Crippen LogP contribution in [0.2, 0.25) is 0 Å². The smallest absolute Gasteiger partial charge is 0.407 e. The van der Waals surface area contributed by atoms with Crippen LogP contribution in [0.15, 0.2) is 48.5 Å². The molecule has 2 aliphatic carbocycles. The number of fused-ring (bicyclic) bond motifs is 6. The predicted octanol–water partition coefficient (Wildman–Crippen LogP) is 4.41. The highest BCUT2D eigenvalue weighted by Gasteiger charge is 2.53. The molecule has 2 aliphatic heterocycles. The van der Waals surface area contributed by atoms with Crippen LogP contribution in [-0.2, 0) is 14.3 Å². The number of hydrogen-bond donors (Lipinski definition) is 2. The summed E-state index contributed by atoms with van der Waals surface area (Å²) < 4.78 is 5.56. The summed E-state index contributed by atoms with van der Waals surface area (Å²) in [5, 5.41) is 12.6. The average Bonchev–Trinajstić information content (AvgIpc) is 3.21. The van der Waals surface area contributed by atoms with Crippen LogP contribution in [0.25, 0.3) is 11.1 Å². The van der Waals surface area contributed by atoms with Crippen molar-refractivity contribution in [1.82, 2.24) is 10.2 Å². The lowest BCUT2D eigenvalue weighted by molar-refractivity contribution is -0.172. The number of nitrogens with one attached hydrogen (secondary N) is 1. The van der Waals surface area contributed by atoms with Gasteiger partial charge < -0.3 is 20.1 Å². The minimum Gasteiger partial charge on any atom is -0.479 e. The van der Waals surface area contributed by atoms with Gasteiger partial charge in [0.05, 0.1) is 0 Å². The maximum atomic E-state index is 13.1. The fraction of sp³-hybridized carbons (Fsp3) is 0.464. The molecule has 0 aromatic heterocycles. The normalized spacial score (nSPS) is 23.3. The zero-order chi connectivity index (χ0) is 24.6. The van der Waals surface area contributed by atoms with E-state index in [-0.39, 0.29) is 24.3 Å². The molecule has 2 bridgehead atoms. The molecule has 7 nitrogen and oxygen atoms in total.